The van der Waals surface area contributed by atoms with Gasteiger partial charge in [-0.15, -0.1) is 0 Å². The number of rotatable bonds is 4. The smallest absolute Gasteiger partial charge is 0.253 e. The van der Waals surface area contributed by atoms with E-state index < -0.39 is 17.1 Å². The third-order valence-corrected chi connectivity index (χ3v) is 7.01. The molecule has 0 aromatic heterocycles. The second-order valence-corrected chi connectivity index (χ2v) is 9.58. The maximum atomic E-state index is 13.2. The van der Waals surface area contributed by atoms with Crippen LogP contribution in [0.25, 0.3) is 0 Å². The van der Waals surface area contributed by atoms with Gasteiger partial charge in [-0.05, 0) is 38.1 Å². The van der Waals surface area contributed by atoms with E-state index in [1.54, 1.807) is 25.3 Å². The number of piperidine rings is 1. The molecule has 0 radical (unpaired) electrons. The second-order valence-electron chi connectivity index (χ2n) is 9.58. The zero-order chi connectivity index (χ0) is 23.1. The first-order valence-corrected chi connectivity index (χ1v) is 11.3. The lowest BCUT2D eigenvalue weighted by Gasteiger charge is -2.55. The lowest BCUT2D eigenvalue weighted by molar-refractivity contribution is -0.151. The van der Waals surface area contributed by atoms with Gasteiger partial charge < -0.3 is 24.2 Å². The maximum absolute atomic E-state index is 13.2. The summed E-state index contributed by atoms with van der Waals surface area (Å²) in [6, 6.07) is 13.0. The number of carbonyl (C=O) groups excluding carboxylic acids is 1. The van der Waals surface area contributed by atoms with Gasteiger partial charge in [-0.2, -0.15) is 0 Å². The van der Waals surface area contributed by atoms with E-state index in [-0.39, 0.29) is 12.0 Å². The number of methoxy groups -OCH3 is 1. The summed E-state index contributed by atoms with van der Waals surface area (Å²) in [7, 11) is 1.58. The summed E-state index contributed by atoms with van der Waals surface area (Å²) in [5.74, 6) is 1.88. The lowest BCUT2D eigenvalue weighted by Crippen LogP contribution is -2.60. The van der Waals surface area contributed by atoms with Crippen LogP contribution < -0.4 is 14.2 Å². The molecule has 2 aromatic rings. The van der Waals surface area contributed by atoms with Crippen molar-refractivity contribution in [2.75, 3.05) is 20.2 Å². The molecule has 2 aliphatic heterocycles. The second kappa shape index (κ2) is 8.32. The van der Waals surface area contributed by atoms with Crippen molar-refractivity contribution >= 4 is 5.91 Å². The first kappa shape index (κ1) is 22.5. The van der Waals surface area contributed by atoms with E-state index in [1.165, 1.54) is 0 Å². The van der Waals surface area contributed by atoms with Crippen molar-refractivity contribution in [3.05, 3.63) is 53.6 Å². The Hall–Kier alpha value is -2.73. The number of aliphatic hydroxyl groups excluding tert-OH is 1. The number of likely N-dealkylation sites (tertiary alicyclic amines) is 1. The Morgan fingerprint density at radius 2 is 1.81 bits per heavy atom. The Morgan fingerprint density at radius 3 is 2.47 bits per heavy atom. The summed E-state index contributed by atoms with van der Waals surface area (Å²) in [4.78, 5) is 15.1. The summed E-state index contributed by atoms with van der Waals surface area (Å²) in [6.45, 7) is 9.14. The minimum atomic E-state index is -0.618. The SMILES string of the molecule is COc1cc(C(=O)N2CCC3(CC2)Oc2ccccc2C(O)C3(C)C)ccc1OC(C)C. The zero-order valence-corrected chi connectivity index (χ0v) is 19.6. The molecule has 2 aliphatic rings. The van der Waals surface area contributed by atoms with Crippen LogP contribution >= 0.6 is 0 Å². The van der Waals surface area contributed by atoms with Gasteiger partial charge in [0.25, 0.3) is 5.91 Å². The highest BCUT2D eigenvalue weighted by Crippen LogP contribution is 2.55. The summed E-state index contributed by atoms with van der Waals surface area (Å²) in [6.07, 6.45) is 0.710. The molecular weight excluding hydrogens is 406 g/mol. The Bertz CT molecular complexity index is 991. The Kier molecular flexibility index (Phi) is 5.84. The first-order chi connectivity index (χ1) is 15.2. The van der Waals surface area contributed by atoms with Crippen molar-refractivity contribution in [3.8, 4) is 17.2 Å². The van der Waals surface area contributed by atoms with Crippen LogP contribution in [-0.4, -0.2) is 47.8 Å². The number of hydrogen-bond donors (Lipinski definition) is 1. The van der Waals surface area contributed by atoms with Crippen molar-refractivity contribution in [2.45, 2.75) is 58.3 Å². The van der Waals surface area contributed by atoms with Gasteiger partial charge in [-0.1, -0.05) is 32.0 Å². The number of para-hydroxylation sites is 1. The topological polar surface area (TPSA) is 68.2 Å². The minimum Gasteiger partial charge on any atom is -0.493 e. The molecule has 0 saturated carbocycles. The van der Waals surface area contributed by atoms with Crippen LogP contribution in [0.4, 0.5) is 0 Å². The van der Waals surface area contributed by atoms with E-state index in [0.717, 1.165) is 11.3 Å². The number of hydrogen-bond acceptors (Lipinski definition) is 5. The molecule has 1 atom stereocenters. The fourth-order valence-corrected chi connectivity index (χ4v) is 4.93. The average molecular weight is 440 g/mol. The monoisotopic (exact) mass is 439 g/mol. The van der Waals surface area contributed by atoms with Crippen molar-refractivity contribution in [2.24, 2.45) is 5.41 Å². The van der Waals surface area contributed by atoms with Gasteiger partial charge in [0.15, 0.2) is 11.5 Å². The number of amides is 1. The zero-order valence-electron chi connectivity index (χ0n) is 19.6. The van der Waals surface area contributed by atoms with Gasteiger partial charge in [0.05, 0.1) is 19.3 Å². The highest BCUT2D eigenvalue weighted by molar-refractivity contribution is 5.95. The average Bonchev–Trinajstić information content (AvgIpc) is 2.78. The van der Waals surface area contributed by atoms with Gasteiger partial charge in [-0.25, -0.2) is 0 Å². The molecule has 1 unspecified atom stereocenters. The summed E-state index contributed by atoms with van der Waals surface area (Å²) >= 11 is 0. The fraction of sp³-hybridized carbons (Fsp3) is 0.500. The van der Waals surface area contributed by atoms with Crippen LogP contribution in [0.2, 0.25) is 0 Å². The van der Waals surface area contributed by atoms with Crippen molar-refractivity contribution in [1.29, 1.82) is 0 Å². The molecule has 0 aliphatic carbocycles. The molecule has 1 N–H and O–H groups in total. The van der Waals surface area contributed by atoms with Gasteiger partial charge in [0, 0.05) is 42.5 Å². The molecule has 2 heterocycles. The Balaban J connectivity index is 1.52. The van der Waals surface area contributed by atoms with E-state index >= 15 is 0 Å². The predicted molar refractivity (Wildman–Crippen MR) is 122 cm³/mol. The number of ether oxygens (including phenoxy) is 3. The highest BCUT2D eigenvalue weighted by Gasteiger charge is 2.56. The minimum absolute atomic E-state index is 0.0167. The fourth-order valence-electron chi connectivity index (χ4n) is 4.93. The van der Waals surface area contributed by atoms with Crippen LogP contribution in [0, 0.1) is 5.41 Å². The van der Waals surface area contributed by atoms with E-state index in [2.05, 4.69) is 13.8 Å². The highest BCUT2D eigenvalue weighted by atomic mass is 16.5. The molecule has 1 fully saturated rings. The molecule has 1 spiro atoms. The summed E-state index contributed by atoms with van der Waals surface area (Å²) in [5, 5.41) is 11.1. The van der Waals surface area contributed by atoms with Crippen molar-refractivity contribution in [1.82, 2.24) is 4.90 Å². The lowest BCUT2D eigenvalue weighted by atomic mass is 9.63. The Morgan fingerprint density at radius 1 is 1.12 bits per heavy atom. The van der Waals surface area contributed by atoms with Crippen molar-refractivity contribution in [3.63, 3.8) is 0 Å². The van der Waals surface area contributed by atoms with Crippen LogP contribution in [-0.2, 0) is 0 Å². The third-order valence-electron chi connectivity index (χ3n) is 7.01. The van der Waals surface area contributed by atoms with Crippen LogP contribution in [0.15, 0.2) is 42.5 Å². The molecular formula is C26H33NO5. The predicted octanol–water partition coefficient (Wildman–Crippen LogP) is 4.61. The molecule has 4 rings (SSSR count). The first-order valence-electron chi connectivity index (χ1n) is 11.3. The number of aliphatic hydroxyl groups is 1. The summed E-state index contributed by atoms with van der Waals surface area (Å²) < 4.78 is 17.7. The molecule has 0 bridgehead atoms. The van der Waals surface area contributed by atoms with Crippen molar-refractivity contribution < 1.29 is 24.1 Å². The molecule has 1 amide bonds. The van der Waals surface area contributed by atoms with E-state index in [4.69, 9.17) is 14.2 Å². The molecule has 2 aromatic carbocycles. The molecule has 6 nitrogen and oxygen atoms in total. The number of carbonyl (C=O) groups is 1. The standard InChI is InChI=1S/C26H33NO5/c1-17(2)31-21-11-10-18(16-22(21)30-5)24(29)27-14-12-26(13-15-27)25(3,4)23(28)19-8-6-7-9-20(19)32-26/h6-11,16-17,23,28H,12-15H2,1-5H3. The third kappa shape index (κ3) is 3.71. The van der Waals surface area contributed by atoms with E-state index in [1.807, 2.05) is 43.0 Å². The van der Waals surface area contributed by atoms with Gasteiger partial charge in [0.2, 0.25) is 0 Å². The van der Waals surface area contributed by atoms with Crippen LogP contribution in [0.3, 0.4) is 0 Å². The van der Waals surface area contributed by atoms with Gasteiger partial charge in [-0.3, -0.25) is 4.79 Å². The molecule has 1 saturated heterocycles. The van der Waals surface area contributed by atoms with E-state index in [0.29, 0.717) is 43.0 Å². The van der Waals surface area contributed by atoms with Crippen LogP contribution in [0.1, 0.15) is 62.6 Å². The quantitative estimate of drug-likeness (QED) is 0.754. The number of benzene rings is 2. The van der Waals surface area contributed by atoms with E-state index in [9.17, 15) is 9.90 Å². The number of nitrogens with zero attached hydrogens (tertiary/aromatic N) is 1. The Labute approximate surface area is 190 Å². The molecule has 32 heavy (non-hydrogen) atoms. The molecule has 6 heteroatoms. The normalized spacial score (nSPS) is 21.1. The van der Waals surface area contributed by atoms with Crippen LogP contribution in [0.5, 0.6) is 17.2 Å². The number of fused-ring (bicyclic) bond motifs is 1. The largest absolute Gasteiger partial charge is 0.493 e. The summed E-state index contributed by atoms with van der Waals surface area (Å²) in [5.41, 5.74) is 0.403. The molecule has 172 valence electrons. The maximum Gasteiger partial charge on any atom is 0.253 e. The van der Waals surface area contributed by atoms with Gasteiger partial charge >= 0.3 is 0 Å². The van der Waals surface area contributed by atoms with Gasteiger partial charge in [0.1, 0.15) is 11.4 Å².